The van der Waals surface area contributed by atoms with E-state index in [9.17, 15) is 4.79 Å². The maximum absolute atomic E-state index is 12.9. The van der Waals surface area contributed by atoms with E-state index in [2.05, 4.69) is 24.5 Å². The molecule has 0 fully saturated rings. The van der Waals surface area contributed by atoms with Crippen molar-refractivity contribution in [1.82, 2.24) is 4.90 Å². The monoisotopic (exact) mass is 289 g/mol. The summed E-state index contributed by atoms with van der Waals surface area (Å²) >= 11 is 0. The van der Waals surface area contributed by atoms with Crippen molar-refractivity contribution in [3.63, 3.8) is 0 Å². The van der Waals surface area contributed by atoms with Crippen molar-refractivity contribution in [3.8, 4) is 0 Å². The Labute approximate surface area is 127 Å². The highest BCUT2D eigenvalue weighted by atomic mass is 16.2. The lowest BCUT2D eigenvalue weighted by Gasteiger charge is -2.27. The number of fused-ring (bicyclic) bond motifs is 1. The fraction of sp³-hybridized carbons (Fsp3) is 0.588. The third-order valence-electron chi connectivity index (χ3n) is 3.89. The summed E-state index contributed by atoms with van der Waals surface area (Å²) in [5.41, 5.74) is 2.80. The van der Waals surface area contributed by atoms with E-state index in [1.165, 1.54) is 0 Å². The van der Waals surface area contributed by atoms with E-state index in [1.54, 1.807) is 0 Å². The Kier molecular flexibility index (Phi) is 5.90. The first-order chi connectivity index (χ1) is 10.3. The van der Waals surface area contributed by atoms with E-state index < -0.39 is 0 Å². The van der Waals surface area contributed by atoms with Gasteiger partial charge in [0.05, 0.1) is 16.9 Å². The van der Waals surface area contributed by atoms with Crippen LogP contribution < -0.4 is 10.6 Å². The van der Waals surface area contributed by atoms with Gasteiger partial charge in [0.15, 0.2) is 0 Å². The fourth-order valence-corrected chi connectivity index (χ4v) is 2.64. The van der Waals surface area contributed by atoms with Crippen molar-refractivity contribution < 1.29 is 4.79 Å². The molecule has 21 heavy (non-hydrogen) atoms. The molecule has 0 radical (unpaired) electrons. The third kappa shape index (κ3) is 3.90. The van der Waals surface area contributed by atoms with Gasteiger partial charge >= 0.3 is 0 Å². The van der Waals surface area contributed by atoms with Crippen LogP contribution in [0.4, 0.5) is 11.4 Å². The Morgan fingerprint density at radius 2 is 1.76 bits per heavy atom. The standard InChI is InChI=1S/C17H27N3O/c1-3-5-12-20(13-6-4-2)17(21)14-8-7-9-15-16(14)19-11-10-18-15/h7-9,18-19H,3-6,10-13H2,1-2H3. The molecule has 2 rings (SSSR count). The maximum atomic E-state index is 12.9. The molecular weight excluding hydrogens is 262 g/mol. The summed E-state index contributed by atoms with van der Waals surface area (Å²) in [7, 11) is 0. The van der Waals surface area contributed by atoms with Crippen LogP contribution in [0, 0.1) is 0 Å². The molecule has 0 bridgehead atoms. The van der Waals surface area contributed by atoms with Crippen molar-refractivity contribution in [2.24, 2.45) is 0 Å². The molecule has 0 saturated heterocycles. The largest absolute Gasteiger partial charge is 0.382 e. The molecule has 1 heterocycles. The predicted octanol–water partition coefficient (Wildman–Crippen LogP) is 3.57. The van der Waals surface area contributed by atoms with Crippen LogP contribution in [0.1, 0.15) is 49.9 Å². The van der Waals surface area contributed by atoms with Gasteiger partial charge in [0, 0.05) is 26.2 Å². The van der Waals surface area contributed by atoms with Crippen molar-refractivity contribution in [2.75, 3.05) is 36.8 Å². The van der Waals surface area contributed by atoms with Gasteiger partial charge in [0.25, 0.3) is 5.91 Å². The van der Waals surface area contributed by atoms with Crippen LogP contribution in [0.25, 0.3) is 0 Å². The van der Waals surface area contributed by atoms with Gasteiger partial charge < -0.3 is 15.5 Å². The number of nitrogens with one attached hydrogen (secondary N) is 2. The second-order valence-electron chi connectivity index (χ2n) is 5.58. The van der Waals surface area contributed by atoms with E-state index in [1.807, 2.05) is 23.1 Å². The molecule has 4 heteroatoms. The molecule has 0 aliphatic carbocycles. The quantitative estimate of drug-likeness (QED) is 0.806. The average molecular weight is 289 g/mol. The van der Waals surface area contributed by atoms with Crippen LogP contribution in [0.3, 0.4) is 0 Å². The normalized spacial score (nSPS) is 13.0. The van der Waals surface area contributed by atoms with Crippen LogP contribution in [0.5, 0.6) is 0 Å². The first-order valence-corrected chi connectivity index (χ1v) is 8.18. The Morgan fingerprint density at radius 3 is 2.43 bits per heavy atom. The van der Waals surface area contributed by atoms with Crippen LogP contribution in [0.2, 0.25) is 0 Å². The molecule has 116 valence electrons. The van der Waals surface area contributed by atoms with Gasteiger partial charge in [0.2, 0.25) is 0 Å². The van der Waals surface area contributed by atoms with Gasteiger partial charge in [-0.1, -0.05) is 32.8 Å². The molecule has 2 N–H and O–H groups in total. The summed E-state index contributed by atoms with van der Waals surface area (Å²) in [6.07, 6.45) is 4.36. The Morgan fingerprint density at radius 1 is 1.10 bits per heavy atom. The molecule has 1 aliphatic heterocycles. The van der Waals surface area contributed by atoms with Gasteiger partial charge in [0.1, 0.15) is 0 Å². The summed E-state index contributed by atoms with van der Waals surface area (Å²) in [5.74, 6) is 0.157. The molecule has 0 aromatic heterocycles. The topological polar surface area (TPSA) is 44.4 Å². The molecule has 0 saturated carbocycles. The van der Waals surface area contributed by atoms with Crippen LogP contribution in [-0.4, -0.2) is 37.0 Å². The number of nitrogens with zero attached hydrogens (tertiary/aromatic N) is 1. The zero-order chi connectivity index (χ0) is 15.1. The van der Waals surface area contributed by atoms with E-state index in [4.69, 9.17) is 0 Å². The molecule has 4 nitrogen and oxygen atoms in total. The minimum atomic E-state index is 0.157. The molecule has 1 amide bonds. The Hall–Kier alpha value is -1.71. The van der Waals surface area contributed by atoms with Gasteiger partial charge in [-0.05, 0) is 25.0 Å². The number of hydrogen-bond donors (Lipinski definition) is 2. The number of para-hydroxylation sites is 1. The van der Waals surface area contributed by atoms with Gasteiger partial charge in [-0.3, -0.25) is 4.79 Å². The Balaban J connectivity index is 2.19. The zero-order valence-corrected chi connectivity index (χ0v) is 13.2. The molecular formula is C17H27N3O. The SMILES string of the molecule is CCCCN(CCCC)C(=O)c1cccc2c1NCCN2. The zero-order valence-electron chi connectivity index (χ0n) is 13.2. The lowest BCUT2D eigenvalue weighted by molar-refractivity contribution is 0.0752. The first kappa shape index (κ1) is 15.7. The molecule has 0 unspecified atom stereocenters. The highest BCUT2D eigenvalue weighted by Crippen LogP contribution is 2.29. The third-order valence-corrected chi connectivity index (χ3v) is 3.89. The molecule has 1 aliphatic rings. The highest BCUT2D eigenvalue weighted by Gasteiger charge is 2.21. The van der Waals surface area contributed by atoms with E-state index in [0.717, 1.165) is 68.8 Å². The summed E-state index contributed by atoms with van der Waals surface area (Å²) in [6.45, 7) is 7.80. The summed E-state index contributed by atoms with van der Waals surface area (Å²) < 4.78 is 0. The summed E-state index contributed by atoms with van der Waals surface area (Å²) in [6, 6.07) is 5.93. The number of carbonyl (C=O) groups is 1. The number of amides is 1. The molecule has 1 aromatic rings. The fourth-order valence-electron chi connectivity index (χ4n) is 2.64. The highest BCUT2D eigenvalue weighted by molar-refractivity contribution is 6.02. The second-order valence-corrected chi connectivity index (χ2v) is 5.58. The second kappa shape index (κ2) is 7.91. The molecule has 1 aromatic carbocycles. The number of carbonyl (C=O) groups excluding carboxylic acids is 1. The number of hydrogen-bond acceptors (Lipinski definition) is 3. The summed E-state index contributed by atoms with van der Waals surface area (Å²) in [5, 5.41) is 6.72. The number of benzene rings is 1. The van der Waals surface area contributed by atoms with Crippen LogP contribution >= 0.6 is 0 Å². The van der Waals surface area contributed by atoms with Crippen molar-refractivity contribution in [3.05, 3.63) is 23.8 Å². The molecule has 0 atom stereocenters. The lowest BCUT2D eigenvalue weighted by Crippen LogP contribution is -2.34. The van der Waals surface area contributed by atoms with Crippen LogP contribution in [-0.2, 0) is 0 Å². The molecule has 0 spiro atoms. The Bertz CT molecular complexity index is 465. The summed E-state index contributed by atoms with van der Waals surface area (Å²) in [4.78, 5) is 14.9. The number of rotatable bonds is 7. The van der Waals surface area contributed by atoms with E-state index in [-0.39, 0.29) is 5.91 Å². The van der Waals surface area contributed by atoms with Gasteiger partial charge in [-0.25, -0.2) is 0 Å². The first-order valence-electron chi connectivity index (χ1n) is 8.18. The maximum Gasteiger partial charge on any atom is 0.256 e. The van der Waals surface area contributed by atoms with E-state index >= 15 is 0 Å². The van der Waals surface area contributed by atoms with Crippen molar-refractivity contribution >= 4 is 17.3 Å². The average Bonchev–Trinajstić information content (AvgIpc) is 2.54. The van der Waals surface area contributed by atoms with Crippen LogP contribution in [0.15, 0.2) is 18.2 Å². The number of unbranched alkanes of at least 4 members (excludes halogenated alkanes) is 2. The minimum Gasteiger partial charge on any atom is -0.382 e. The smallest absolute Gasteiger partial charge is 0.256 e. The minimum absolute atomic E-state index is 0.157. The van der Waals surface area contributed by atoms with Crippen molar-refractivity contribution in [1.29, 1.82) is 0 Å². The van der Waals surface area contributed by atoms with Gasteiger partial charge in [-0.15, -0.1) is 0 Å². The van der Waals surface area contributed by atoms with Crippen molar-refractivity contribution in [2.45, 2.75) is 39.5 Å². The van der Waals surface area contributed by atoms with Gasteiger partial charge in [-0.2, -0.15) is 0 Å². The van der Waals surface area contributed by atoms with E-state index in [0.29, 0.717) is 0 Å². The predicted molar refractivity (Wildman–Crippen MR) is 89.1 cm³/mol. The lowest BCUT2D eigenvalue weighted by atomic mass is 10.1. The number of anilines is 2.